The van der Waals surface area contributed by atoms with Crippen LogP contribution in [-0.4, -0.2) is 32.6 Å². The van der Waals surface area contributed by atoms with Gasteiger partial charge in [-0.2, -0.15) is 4.72 Å². The number of ether oxygens (including phenoxy) is 1. The van der Waals surface area contributed by atoms with Crippen molar-refractivity contribution in [2.75, 3.05) is 13.2 Å². The standard InChI is InChI=1S/C12H17NO5S/c1-9(2)8-18-10-3-5-11(6-4-10)19(16,17)13-7-12(14)15/h3-6,9,13H,7-8H2,1-2H3,(H,14,15). The number of rotatable bonds is 7. The molecule has 0 amide bonds. The van der Waals surface area contributed by atoms with E-state index in [1.54, 1.807) is 0 Å². The maximum absolute atomic E-state index is 11.7. The number of carboxylic acid groups (broad SMARTS) is 1. The van der Waals surface area contributed by atoms with E-state index in [1.165, 1.54) is 24.3 Å². The summed E-state index contributed by atoms with van der Waals surface area (Å²) in [5.74, 6) is -0.285. The summed E-state index contributed by atoms with van der Waals surface area (Å²) in [6.45, 7) is 3.92. The fourth-order valence-electron chi connectivity index (χ4n) is 1.22. The quantitative estimate of drug-likeness (QED) is 0.783. The molecule has 0 saturated carbocycles. The van der Waals surface area contributed by atoms with Crippen molar-refractivity contribution in [1.29, 1.82) is 0 Å². The minimum atomic E-state index is -3.79. The minimum Gasteiger partial charge on any atom is -0.493 e. The first-order valence-electron chi connectivity index (χ1n) is 5.75. The molecule has 0 aliphatic carbocycles. The molecule has 1 aromatic carbocycles. The smallest absolute Gasteiger partial charge is 0.318 e. The highest BCUT2D eigenvalue weighted by molar-refractivity contribution is 7.89. The lowest BCUT2D eigenvalue weighted by molar-refractivity contribution is -0.135. The molecule has 1 aromatic rings. The molecular weight excluding hydrogens is 270 g/mol. The monoisotopic (exact) mass is 287 g/mol. The van der Waals surface area contributed by atoms with Gasteiger partial charge in [-0.1, -0.05) is 13.8 Å². The predicted octanol–water partition coefficient (Wildman–Crippen LogP) is 1.08. The van der Waals surface area contributed by atoms with E-state index in [4.69, 9.17) is 9.84 Å². The Hall–Kier alpha value is -1.60. The van der Waals surface area contributed by atoms with Crippen LogP contribution in [0.3, 0.4) is 0 Å². The van der Waals surface area contributed by atoms with Crippen molar-refractivity contribution in [2.45, 2.75) is 18.7 Å². The lowest BCUT2D eigenvalue weighted by Gasteiger charge is -2.09. The maximum atomic E-state index is 11.7. The number of sulfonamides is 1. The van der Waals surface area contributed by atoms with Crippen LogP contribution < -0.4 is 9.46 Å². The summed E-state index contributed by atoms with van der Waals surface area (Å²) in [6.07, 6.45) is 0. The Kier molecular flexibility index (Phi) is 5.31. The van der Waals surface area contributed by atoms with Crippen LogP contribution in [0.2, 0.25) is 0 Å². The Labute approximate surface area is 112 Å². The maximum Gasteiger partial charge on any atom is 0.318 e. The van der Waals surface area contributed by atoms with Gasteiger partial charge in [-0.3, -0.25) is 4.79 Å². The van der Waals surface area contributed by atoms with E-state index in [0.29, 0.717) is 18.3 Å². The van der Waals surface area contributed by atoms with Gasteiger partial charge in [-0.25, -0.2) is 8.42 Å². The molecule has 106 valence electrons. The van der Waals surface area contributed by atoms with Crippen LogP contribution in [0.4, 0.5) is 0 Å². The van der Waals surface area contributed by atoms with Crippen molar-refractivity contribution < 1.29 is 23.1 Å². The van der Waals surface area contributed by atoms with Gasteiger partial charge >= 0.3 is 5.97 Å². The number of aliphatic carboxylic acids is 1. The molecule has 0 saturated heterocycles. The Bertz CT molecular complexity index is 522. The van der Waals surface area contributed by atoms with Crippen LogP contribution in [-0.2, 0) is 14.8 Å². The molecule has 0 atom stereocenters. The van der Waals surface area contributed by atoms with Gasteiger partial charge in [-0.15, -0.1) is 0 Å². The topological polar surface area (TPSA) is 92.7 Å². The molecule has 0 aliphatic rings. The SMILES string of the molecule is CC(C)COc1ccc(S(=O)(=O)NCC(=O)O)cc1. The number of hydrogen-bond donors (Lipinski definition) is 2. The summed E-state index contributed by atoms with van der Waals surface area (Å²) in [7, 11) is -3.79. The molecule has 6 nitrogen and oxygen atoms in total. The van der Waals surface area contributed by atoms with Gasteiger partial charge in [0.25, 0.3) is 0 Å². The normalized spacial score (nSPS) is 11.5. The molecule has 0 aromatic heterocycles. The molecule has 0 spiro atoms. The van der Waals surface area contributed by atoms with E-state index in [1.807, 2.05) is 18.6 Å². The van der Waals surface area contributed by atoms with Crippen molar-refractivity contribution in [3.8, 4) is 5.75 Å². The van der Waals surface area contributed by atoms with Crippen molar-refractivity contribution in [2.24, 2.45) is 5.92 Å². The average Bonchev–Trinajstić information content (AvgIpc) is 2.34. The summed E-state index contributed by atoms with van der Waals surface area (Å²) < 4.78 is 30.8. The van der Waals surface area contributed by atoms with E-state index in [2.05, 4.69) is 0 Å². The zero-order valence-corrected chi connectivity index (χ0v) is 11.6. The van der Waals surface area contributed by atoms with E-state index >= 15 is 0 Å². The lowest BCUT2D eigenvalue weighted by atomic mass is 10.2. The summed E-state index contributed by atoms with van der Waals surface area (Å²) in [4.78, 5) is 10.3. The summed E-state index contributed by atoms with van der Waals surface area (Å²) >= 11 is 0. The Morgan fingerprint density at radius 3 is 2.37 bits per heavy atom. The highest BCUT2D eigenvalue weighted by atomic mass is 32.2. The van der Waals surface area contributed by atoms with Crippen molar-refractivity contribution >= 4 is 16.0 Å². The predicted molar refractivity (Wildman–Crippen MR) is 69.6 cm³/mol. The summed E-state index contributed by atoms with van der Waals surface area (Å²) in [5.41, 5.74) is 0. The van der Waals surface area contributed by atoms with Crippen LogP contribution in [0.1, 0.15) is 13.8 Å². The summed E-state index contributed by atoms with van der Waals surface area (Å²) in [5, 5.41) is 8.44. The third-order valence-electron chi connectivity index (χ3n) is 2.13. The molecule has 0 radical (unpaired) electrons. The van der Waals surface area contributed by atoms with Crippen molar-refractivity contribution in [1.82, 2.24) is 4.72 Å². The molecule has 0 unspecified atom stereocenters. The largest absolute Gasteiger partial charge is 0.493 e. The van der Waals surface area contributed by atoms with Crippen LogP contribution in [0.5, 0.6) is 5.75 Å². The molecule has 0 bridgehead atoms. The van der Waals surface area contributed by atoms with Gasteiger partial charge in [-0.05, 0) is 30.2 Å². The van der Waals surface area contributed by atoms with Gasteiger partial charge in [0.2, 0.25) is 10.0 Å². The van der Waals surface area contributed by atoms with Crippen molar-refractivity contribution in [3.63, 3.8) is 0 Å². The molecule has 0 heterocycles. The van der Waals surface area contributed by atoms with Crippen LogP contribution in [0, 0.1) is 5.92 Å². The summed E-state index contributed by atoms with van der Waals surface area (Å²) in [6, 6.07) is 5.83. The van der Waals surface area contributed by atoms with Crippen LogP contribution >= 0.6 is 0 Å². The number of hydrogen-bond acceptors (Lipinski definition) is 4. The van der Waals surface area contributed by atoms with E-state index in [0.717, 1.165) is 0 Å². The first-order valence-corrected chi connectivity index (χ1v) is 7.24. The van der Waals surface area contributed by atoms with E-state index in [-0.39, 0.29) is 4.90 Å². The van der Waals surface area contributed by atoms with E-state index in [9.17, 15) is 13.2 Å². The number of nitrogens with one attached hydrogen (secondary N) is 1. The van der Waals surface area contributed by atoms with E-state index < -0.39 is 22.5 Å². The molecule has 0 aliphatic heterocycles. The third-order valence-corrected chi connectivity index (χ3v) is 3.55. The first kappa shape index (κ1) is 15.5. The molecule has 7 heteroatoms. The van der Waals surface area contributed by atoms with Gasteiger partial charge < -0.3 is 9.84 Å². The minimum absolute atomic E-state index is 0.00523. The molecule has 0 fully saturated rings. The second kappa shape index (κ2) is 6.53. The third kappa shape index (κ3) is 5.27. The zero-order chi connectivity index (χ0) is 14.5. The highest BCUT2D eigenvalue weighted by Gasteiger charge is 2.15. The van der Waals surface area contributed by atoms with Crippen LogP contribution in [0.15, 0.2) is 29.2 Å². The number of carbonyl (C=O) groups is 1. The molecule has 1 rings (SSSR count). The Morgan fingerprint density at radius 2 is 1.89 bits per heavy atom. The van der Waals surface area contributed by atoms with Crippen LogP contribution in [0.25, 0.3) is 0 Å². The van der Waals surface area contributed by atoms with Gasteiger partial charge in [0.05, 0.1) is 11.5 Å². The Balaban J connectivity index is 2.72. The van der Waals surface area contributed by atoms with Gasteiger partial charge in [0, 0.05) is 0 Å². The average molecular weight is 287 g/mol. The first-order chi connectivity index (χ1) is 8.81. The number of carboxylic acids is 1. The number of benzene rings is 1. The fourth-order valence-corrected chi connectivity index (χ4v) is 2.19. The highest BCUT2D eigenvalue weighted by Crippen LogP contribution is 2.16. The fraction of sp³-hybridized carbons (Fsp3) is 0.417. The second-order valence-electron chi connectivity index (χ2n) is 4.39. The lowest BCUT2D eigenvalue weighted by Crippen LogP contribution is -2.29. The van der Waals surface area contributed by atoms with Gasteiger partial charge in [0.1, 0.15) is 12.3 Å². The molecule has 19 heavy (non-hydrogen) atoms. The van der Waals surface area contributed by atoms with Gasteiger partial charge in [0.15, 0.2) is 0 Å². The zero-order valence-electron chi connectivity index (χ0n) is 10.8. The molecular formula is C12H17NO5S. The Morgan fingerprint density at radius 1 is 1.32 bits per heavy atom. The second-order valence-corrected chi connectivity index (χ2v) is 6.16. The molecule has 2 N–H and O–H groups in total. The van der Waals surface area contributed by atoms with Crippen molar-refractivity contribution in [3.05, 3.63) is 24.3 Å².